The van der Waals surface area contributed by atoms with E-state index in [4.69, 9.17) is 0 Å². The van der Waals surface area contributed by atoms with Crippen molar-refractivity contribution >= 4 is 21.6 Å². The van der Waals surface area contributed by atoms with Gasteiger partial charge in [0.15, 0.2) is 0 Å². The van der Waals surface area contributed by atoms with Gasteiger partial charge in [-0.2, -0.15) is 0 Å². The monoisotopic (exact) mass is 336 g/mol. The maximum Gasteiger partial charge on any atom is 0.117 e. The van der Waals surface area contributed by atoms with Gasteiger partial charge in [0, 0.05) is 30.0 Å². The number of likely N-dealkylation sites (tertiary alicyclic amines) is 1. The number of likely N-dealkylation sites (N-methyl/N-ethyl adjacent to an activating group) is 1. The summed E-state index contributed by atoms with van der Waals surface area (Å²) in [6.45, 7) is 4.77. The lowest BCUT2D eigenvalue weighted by molar-refractivity contribution is 0.215. The predicted octanol–water partition coefficient (Wildman–Crippen LogP) is 3.30. The maximum atomic E-state index is 9.96. The summed E-state index contributed by atoms with van der Waals surface area (Å²) in [6.07, 6.45) is 4.43. The van der Waals surface area contributed by atoms with Gasteiger partial charge in [-0.25, -0.2) is 0 Å². The van der Waals surface area contributed by atoms with Crippen LogP contribution in [0.25, 0.3) is 0 Å². The van der Waals surface area contributed by atoms with Crippen LogP contribution in [0.5, 0.6) is 5.75 Å². The second-order valence-electron chi connectivity index (χ2n) is 6.91. The lowest BCUT2D eigenvalue weighted by Gasteiger charge is -2.35. The van der Waals surface area contributed by atoms with Crippen LogP contribution in [-0.2, 0) is 5.41 Å². The molecule has 3 nitrogen and oxygen atoms in total. The molecule has 2 fully saturated rings. The minimum atomic E-state index is 0.139. The predicted molar refractivity (Wildman–Crippen MR) is 84.3 cm³/mol. The molecule has 0 radical (unpaired) electrons. The number of hydrogen-bond acceptors (Lipinski definition) is 3. The molecule has 1 aromatic rings. The van der Waals surface area contributed by atoms with Crippen molar-refractivity contribution in [2.24, 2.45) is 5.92 Å². The van der Waals surface area contributed by atoms with Crippen LogP contribution in [0.1, 0.15) is 31.7 Å². The first kappa shape index (κ1) is 13.0. The Hall–Kier alpha value is -0.740. The molecule has 0 spiro atoms. The molecule has 0 aromatic heterocycles. The van der Waals surface area contributed by atoms with Crippen LogP contribution >= 0.6 is 15.9 Å². The second kappa shape index (κ2) is 4.14. The number of fused-ring (bicyclic) bond motifs is 3. The molecule has 1 aromatic carbocycles. The summed E-state index contributed by atoms with van der Waals surface area (Å²) in [5.74, 6) is 1.29. The normalized spacial score (nSPS) is 32.5. The number of benzene rings is 1. The van der Waals surface area contributed by atoms with E-state index in [1.54, 1.807) is 0 Å². The molecule has 1 N–H and O–H groups in total. The van der Waals surface area contributed by atoms with Crippen LogP contribution in [0.2, 0.25) is 0 Å². The molecule has 4 rings (SSSR count). The fraction of sp³-hybridized carbons (Fsp3) is 0.625. The molecule has 2 aliphatic heterocycles. The number of halogens is 1. The number of anilines is 1. The van der Waals surface area contributed by atoms with Crippen molar-refractivity contribution in [3.8, 4) is 5.75 Å². The van der Waals surface area contributed by atoms with Gasteiger partial charge in [0.2, 0.25) is 0 Å². The van der Waals surface area contributed by atoms with Gasteiger partial charge in [-0.3, -0.25) is 4.90 Å². The first-order chi connectivity index (χ1) is 9.50. The summed E-state index contributed by atoms with van der Waals surface area (Å²) in [7, 11) is 2.20. The molecule has 0 bridgehead atoms. The Labute approximate surface area is 128 Å². The van der Waals surface area contributed by atoms with E-state index in [0.717, 1.165) is 10.4 Å². The molecular formula is C16H21BrN2O. The third-order valence-corrected chi connectivity index (χ3v) is 6.01. The van der Waals surface area contributed by atoms with Gasteiger partial charge in [0.05, 0.1) is 11.9 Å². The fourth-order valence-corrected chi connectivity index (χ4v) is 5.03. The van der Waals surface area contributed by atoms with Gasteiger partial charge >= 0.3 is 0 Å². The summed E-state index contributed by atoms with van der Waals surface area (Å²) in [5, 5.41) is 9.96. The Bertz CT molecular complexity index is 572. The van der Waals surface area contributed by atoms with Crippen LogP contribution in [0.3, 0.4) is 0 Å². The van der Waals surface area contributed by atoms with Crippen molar-refractivity contribution < 1.29 is 5.11 Å². The van der Waals surface area contributed by atoms with Crippen LogP contribution in [0.4, 0.5) is 5.69 Å². The molecule has 3 aliphatic rings. The van der Waals surface area contributed by atoms with E-state index < -0.39 is 0 Å². The number of nitrogens with zero attached hydrogens (tertiary/aromatic N) is 2. The summed E-state index contributed by atoms with van der Waals surface area (Å²) >= 11 is 3.63. The highest BCUT2D eigenvalue weighted by molar-refractivity contribution is 9.10. The minimum Gasteiger partial charge on any atom is -0.508 e. The van der Waals surface area contributed by atoms with Gasteiger partial charge < -0.3 is 10.0 Å². The third kappa shape index (κ3) is 1.67. The third-order valence-electron chi connectivity index (χ3n) is 5.41. The van der Waals surface area contributed by atoms with E-state index in [0.29, 0.717) is 11.9 Å². The topological polar surface area (TPSA) is 26.7 Å². The zero-order valence-electron chi connectivity index (χ0n) is 12.1. The van der Waals surface area contributed by atoms with Crippen molar-refractivity contribution in [3.05, 3.63) is 22.2 Å². The Morgan fingerprint density at radius 3 is 2.85 bits per heavy atom. The standard InChI is InChI=1S/C16H21BrN2O/c1-16-5-6-19(9-10-3-4-10)15(16)18(2)14-12(16)7-11(20)8-13(14)17/h7-8,10,15,20H,3-6,9H2,1-2H3. The molecule has 20 heavy (non-hydrogen) atoms. The van der Waals surface area contributed by atoms with Crippen molar-refractivity contribution in [1.82, 2.24) is 4.90 Å². The van der Waals surface area contributed by atoms with Crippen LogP contribution in [0, 0.1) is 5.92 Å². The Balaban J connectivity index is 1.78. The summed E-state index contributed by atoms with van der Waals surface area (Å²) in [4.78, 5) is 5.06. The van der Waals surface area contributed by atoms with Gasteiger partial charge in [0.25, 0.3) is 0 Å². The number of phenolic OH excluding ortho intramolecular Hbond substituents is 1. The molecule has 2 unspecified atom stereocenters. The Morgan fingerprint density at radius 2 is 2.15 bits per heavy atom. The molecule has 1 aliphatic carbocycles. The molecule has 4 heteroatoms. The molecular weight excluding hydrogens is 316 g/mol. The summed E-state index contributed by atoms with van der Waals surface area (Å²) in [6, 6.07) is 3.78. The Morgan fingerprint density at radius 1 is 1.40 bits per heavy atom. The van der Waals surface area contributed by atoms with Gasteiger partial charge in [0.1, 0.15) is 5.75 Å². The molecule has 2 atom stereocenters. The highest BCUT2D eigenvalue weighted by atomic mass is 79.9. The van der Waals surface area contributed by atoms with Crippen LogP contribution < -0.4 is 4.90 Å². The van der Waals surface area contributed by atoms with Crippen molar-refractivity contribution in [2.75, 3.05) is 25.0 Å². The lowest BCUT2D eigenvalue weighted by atomic mass is 9.81. The van der Waals surface area contributed by atoms with E-state index in [1.165, 1.54) is 43.6 Å². The number of rotatable bonds is 2. The molecule has 1 saturated carbocycles. The van der Waals surface area contributed by atoms with Crippen molar-refractivity contribution in [3.63, 3.8) is 0 Å². The quantitative estimate of drug-likeness (QED) is 0.897. The van der Waals surface area contributed by atoms with Crippen molar-refractivity contribution in [2.45, 2.75) is 37.8 Å². The van der Waals surface area contributed by atoms with E-state index >= 15 is 0 Å². The maximum absolute atomic E-state index is 9.96. The second-order valence-corrected chi connectivity index (χ2v) is 7.77. The van der Waals surface area contributed by atoms with Crippen LogP contribution in [-0.4, -0.2) is 36.3 Å². The number of hydrogen-bond donors (Lipinski definition) is 1. The largest absolute Gasteiger partial charge is 0.508 e. The zero-order chi connectivity index (χ0) is 14.1. The first-order valence-corrected chi connectivity index (χ1v) is 8.30. The summed E-state index contributed by atoms with van der Waals surface area (Å²) in [5.41, 5.74) is 2.70. The number of aromatic hydroxyl groups is 1. The molecule has 0 amide bonds. The molecule has 108 valence electrons. The Kier molecular flexibility index (Phi) is 2.68. The van der Waals surface area contributed by atoms with E-state index in [2.05, 4.69) is 39.7 Å². The lowest BCUT2D eigenvalue weighted by Crippen LogP contribution is -2.47. The number of phenols is 1. The van der Waals surface area contributed by atoms with E-state index in [-0.39, 0.29) is 5.41 Å². The SMILES string of the molecule is CN1c2c(Br)cc(O)cc2C2(C)CCN(CC3CC3)C12. The highest BCUT2D eigenvalue weighted by Crippen LogP contribution is 2.55. The average molecular weight is 337 g/mol. The first-order valence-electron chi connectivity index (χ1n) is 7.50. The molecule has 1 saturated heterocycles. The highest BCUT2D eigenvalue weighted by Gasteiger charge is 2.54. The summed E-state index contributed by atoms with van der Waals surface area (Å²) < 4.78 is 1.01. The van der Waals surface area contributed by atoms with Gasteiger partial charge in [-0.05, 0) is 58.8 Å². The average Bonchev–Trinajstić information content (AvgIpc) is 3.07. The van der Waals surface area contributed by atoms with Crippen LogP contribution in [0.15, 0.2) is 16.6 Å². The smallest absolute Gasteiger partial charge is 0.117 e. The van der Waals surface area contributed by atoms with Gasteiger partial charge in [-0.15, -0.1) is 0 Å². The fourth-order valence-electron chi connectivity index (χ4n) is 4.30. The zero-order valence-corrected chi connectivity index (χ0v) is 13.7. The molecule has 2 heterocycles. The minimum absolute atomic E-state index is 0.139. The van der Waals surface area contributed by atoms with E-state index in [1.807, 2.05) is 12.1 Å². The van der Waals surface area contributed by atoms with Crippen molar-refractivity contribution in [1.29, 1.82) is 0 Å². The van der Waals surface area contributed by atoms with Gasteiger partial charge in [-0.1, -0.05) is 6.92 Å². The van der Waals surface area contributed by atoms with E-state index in [9.17, 15) is 5.11 Å².